The fourth-order valence-electron chi connectivity index (χ4n) is 2.22. The quantitative estimate of drug-likeness (QED) is 0.807. The Balaban J connectivity index is 2.02. The number of methoxy groups -OCH3 is 1. The number of benzene rings is 1. The molecule has 3 rings (SSSR count). The molecule has 0 saturated carbocycles. The molecule has 0 unspecified atom stereocenters. The molecule has 1 aliphatic heterocycles. The van der Waals surface area contributed by atoms with E-state index in [1.165, 1.54) is 13.2 Å². The average Bonchev–Trinajstić information content (AvgIpc) is 2.64. The molecular weight excluding hydrogens is 258 g/mol. The third-order valence-electron chi connectivity index (χ3n) is 3.26. The molecule has 2 heterocycles. The average molecular weight is 271 g/mol. The highest BCUT2D eigenvalue weighted by molar-refractivity contribution is 5.90. The van der Waals surface area contributed by atoms with Crippen LogP contribution in [-0.4, -0.2) is 23.2 Å². The Morgan fingerprint density at radius 3 is 2.90 bits per heavy atom. The molecule has 0 fully saturated rings. The van der Waals surface area contributed by atoms with Crippen molar-refractivity contribution >= 4 is 5.97 Å². The maximum Gasteiger partial charge on any atom is 0.337 e. The Morgan fingerprint density at radius 1 is 1.25 bits per heavy atom. The standard InChI is InChI=1S/C15H13NO4/c1-19-15(18)10-3-2-9-4-5-11-12(20-13(9)8-10)6-7-14(17)16-11/h2-3,6-8H,4-5H2,1H3,(H,16,17). The smallest absolute Gasteiger partial charge is 0.337 e. The zero-order valence-electron chi connectivity index (χ0n) is 10.9. The van der Waals surface area contributed by atoms with Crippen LogP contribution in [0.25, 0.3) is 0 Å². The second-order valence-corrected chi connectivity index (χ2v) is 4.53. The van der Waals surface area contributed by atoms with E-state index in [0.717, 1.165) is 12.0 Å². The molecule has 0 aliphatic carbocycles. The summed E-state index contributed by atoms with van der Waals surface area (Å²) in [4.78, 5) is 15.6. The summed E-state index contributed by atoms with van der Waals surface area (Å²) in [6, 6.07) is 8.40. The SMILES string of the molecule is COC(=O)c1ccc2c(c1)Oc1ccc(O)nc1CC2. The van der Waals surface area contributed by atoms with Crippen LogP contribution < -0.4 is 4.74 Å². The molecule has 0 amide bonds. The molecule has 1 aromatic heterocycles. The molecule has 2 aromatic rings. The molecule has 0 radical (unpaired) electrons. The number of rotatable bonds is 1. The zero-order chi connectivity index (χ0) is 14.1. The Labute approximate surface area is 115 Å². The molecule has 0 bridgehead atoms. The molecule has 0 spiro atoms. The second-order valence-electron chi connectivity index (χ2n) is 4.53. The van der Waals surface area contributed by atoms with Gasteiger partial charge in [-0.05, 0) is 36.6 Å². The van der Waals surface area contributed by atoms with Gasteiger partial charge in [0.15, 0.2) is 0 Å². The third-order valence-corrected chi connectivity index (χ3v) is 3.26. The van der Waals surface area contributed by atoms with Gasteiger partial charge in [0.25, 0.3) is 0 Å². The molecule has 0 saturated heterocycles. The van der Waals surface area contributed by atoms with Crippen molar-refractivity contribution in [3.8, 4) is 17.4 Å². The lowest BCUT2D eigenvalue weighted by molar-refractivity contribution is 0.0600. The molecule has 20 heavy (non-hydrogen) atoms. The number of aromatic nitrogens is 1. The summed E-state index contributed by atoms with van der Waals surface area (Å²) in [6.45, 7) is 0. The number of carbonyl (C=O) groups is 1. The Bertz CT molecular complexity index is 682. The van der Waals surface area contributed by atoms with Gasteiger partial charge >= 0.3 is 5.97 Å². The molecule has 102 valence electrons. The van der Waals surface area contributed by atoms with Crippen LogP contribution >= 0.6 is 0 Å². The number of hydrogen-bond donors (Lipinski definition) is 1. The highest BCUT2D eigenvalue weighted by Gasteiger charge is 2.18. The number of esters is 1. The summed E-state index contributed by atoms with van der Waals surface area (Å²) >= 11 is 0. The normalized spacial score (nSPS) is 12.7. The predicted octanol–water partition coefficient (Wildman–Crippen LogP) is 2.46. The van der Waals surface area contributed by atoms with Crippen LogP contribution in [0.15, 0.2) is 30.3 Å². The van der Waals surface area contributed by atoms with E-state index < -0.39 is 5.97 Å². The van der Waals surface area contributed by atoms with Crippen LogP contribution in [0.4, 0.5) is 0 Å². The van der Waals surface area contributed by atoms with E-state index in [1.807, 2.05) is 6.07 Å². The van der Waals surface area contributed by atoms with Crippen molar-refractivity contribution in [2.45, 2.75) is 12.8 Å². The van der Waals surface area contributed by atoms with E-state index in [1.54, 1.807) is 18.2 Å². The maximum atomic E-state index is 11.6. The molecule has 1 aromatic carbocycles. The fraction of sp³-hybridized carbons (Fsp3) is 0.200. The summed E-state index contributed by atoms with van der Waals surface area (Å²) < 4.78 is 10.5. The topological polar surface area (TPSA) is 68.7 Å². The van der Waals surface area contributed by atoms with Gasteiger partial charge in [0.2, 0.25) is 5.88 Å². The fourth-order valence-corrected chi connectivity index (χ4v) is 2.22. The molecule has 5 nitrogen and oxygen atoms in total. The molecule has 5 heteroatoms. The zero-order valence-corrected chi connectivity index (χ0v) is 10.9. The number of fused-ring (bicyclic) bond motifs is 2. The predicted molar refractivity (Wildman–Crippen MR) is 71.2 cm³/mol. The first kappa shape index (κ1) is 12.5. The number of pyridine rings is 1. The largest absolute Gasteiger partial charge is 0.493 e. The van der Waals surface area contributed by atoms with E-state index in [2.05, 4.69) is 4.98 Å². The van der Waals surface area contributed by atoms with Crippen molar-refractivity contribution in [1.82, 2.24) is 4.98 Å². The van der Waals surface area contributed by atoms with E-state index in [0.29, 0.717) is 29.2 Å². The van der Waals surface area contributed by atoms with Gasteiger partial charge in [-0.3, -0.25) is 0 Å². The van der Waals surface area contributed by atoms with Crippen LogP contribution in [0.5, 0.6) is 17.4 Å². The third kappa shape index (κ3) is 2.18. The number of nitrogens with zero attached hydrogens (tertiary/aromatic N) is 1. The van der Waals surface area contributed by atoms with Gasteiger partial charge in [-0.15, -0.1) is 0 Å². The van der Waals surface area contributed by atoms with Crippen LogP contribution in [0, 0.1) is 0 Å². The van der Waals surface area contributed by atoms with Gasteiger partial charge in [0.05, 0.1) is 18.4 Å². The summed E-state index contributed by atoms with van der Waals surface area (Å²) in [5.74, 6) is 0.806. The Hall–Kier alpha value is -2.56. The lowest BCUT2D eigenvalue weighted by atomic mass is 10.1. The van der Waals surface area contributed by atoms with Crippen LogP contribution in [0.3, 0.4) is 0 Å². The number of ether oxygens (including phenoxy) is 2. The van der Waals surface area contributed by atoms with Crippen LogP contribution in [-0.2, 0) is 17.6 Å². The van der Waals surface area contributed by atoms with Crippen molar-refractivity contribution in [1.29, 1.82) is 0 Å². The number of aromatic hydroxyl groups is 1. The molecule has 1 N–H and O–H groups in total. The van der Waals surface area contributed by atoms with E-state index in [9.17, 15) is 9.90 Å². The van der Waals surface area contributed by atoms with Crippen molar-refractivity contribution < 1.29 is 19.4 Å². The lowest BCUT2D eigenvalue weighted by Gasteiger charge is -2.09. The van der Waals surface area contributed by atoms with Gasteiger partial charge in [0, 0.05) is 6.07 Å². The highest BCUT2D eigenvalue weighted by atomic mass is 16.5. The van der Waals surface area contributed by atoms with Crippen molar-refractivity contribution in [2.75, 3.05) is 7.11 Å². The first-order valence-electron chi connectivity index (χ1n) is 6.25. The second kappa shape index (κ2) is 4.85. The minimum absolute atomic E-state index is 0.0199. The van der Waals surface area contributed by atoms with E-state index in [-0.39, 0.29) is 5.88 Å². The monoisotopic (exact) mass is 271 g/mol. The first-order valence-corrected chi connectivity index (χ1v) is 6.25. The molecule has 0 atom stereocenters. The number of aryl methyl sites for hydroxylation is 2. The van der Waals surface area contributed by atoms with Gasteiger partial charge < -0.3 is 14.6 Å². The van der Waals surface area contributed by atoms with Crippen molar-refractivity contribution in [3.05, 3.63) is 47.2 Å². The van der Waals surface area contributed by atoms with E-state index >= 15 is 0 Å². The molecular formula is C15H13NO4. The summed E-state index contributed by atoms with van der Waals surface area (Å²) in [5.41, 5.74) is 2.15. The van der Waals surface area contributed by atoms with Gasteiger partial charge in [0.1, 0.15) is 11.5 Å². The highest BCUT2D eigenvalue weighted by Crippen LogP contribution is 2.34. The Kier molecular flexibility index (Phi) is 3.02. The Morgan fingerprint density at radius 2 is 2.10 bits per heavy atom. The van der Waals surface area contributed by atoms with Gasteiger partial charge in [-0.1, -0.05) is 6.07 Å². The van der Waals surface area contributed by atoms with Gasteiger partial charge in [-0.25, -0.2) is 9.78 Å². The minimum atomic E-state index is -0.398. The summed E-state index contributed by atoms with van der Waals surface area (Å²) in [6.07, 6.45) is 1.41. The van der Waals surface area contributed by atoms with E-state index in [4.69, 9.17) is 9.47 Å². The minimum Gasteiger partial charge on any atom is -0.493 e. The van der Waals surface area contributed by atoms with Crippen molar-refractivity contribution in [3.63, 3.8) is 0 Å². The number of hydrogen-bond acceptors (Lipinski definition) is 5. The molecule has 1 aliphatic rings. The number of carbonyl (C=O) groups excluding carboxylic acids is 1. The lowest BCUT2D eigenvalue weighted by Crippen LogP contribution is -2.02. The van der Waals surface area contributed by atoms with Crippen molar-refractivity contribution in [2.24, 2.45) is 0 Å². The van der Waals surface area contributed by atoms with Crippen LogP contribution in [0.1, 0.15) is 21.6 Å². The van der Waals surface area contributed by atoms with Gasteiger partial charge in [-0.2, -0.15) is 0 Å². The van der Waals surface area contributed by atoms with Crippen LogP contribution in [0.2, 0.25) is 0 Å². The summed E-state index contributed by atoms with van der Waals surface area (Å²) in [5, 5.41) is 9.42. The first-order chi connectivity index (χ1) is 9.67. The summed E-state index contributed by atoms with van der Waals surface area (Å²) in [7, 11) is 1.34. The maximum absolute atomic E-state index is 11.6.